The van der Waals surface area contributed by atoms with Crippen LogP contribution in [0.1, 0.15) is 26.3 Å². The molecule has 3 aromatic rings. The summed E-state index contributed by atoms with van der Waals surface area (Å²) in [6.07, 6.45) is 0. The Morgan fingerprint density at radius 3 is 2.00 bits per heavy atom. The van der Waals surface area contributed by atoms with E-state index in [9.17, 15) is 14.4 Å². The highest BCUT2D eigenvalue weighted by molar-refractivity contribution is 6.35. The highest BCUT2D eigenvalue weighted by Gasteiger charge is 2.11. The maximum atomic E-state index is 12.3. The van der Waals surface area contributed by atoms with Crippen LogP contribution in [0.2, 0.25) is 10.0 Å². The Balaban J connectivity index is 1.49. The Bertz CT molecular complexity index is 1070. The lowest BCUT2D eigenvalue weighted by Crippen LogP contribution is -2.36. The summed E-state index contributed by atoms with van der Waals surface area (Å²) in [5, 5.41) is 8.73. The van der Waals surface area contributed by atoms with Crippen LogP contribution in [0.4, 0.5) is 5.69 Å². The second kappa shape index (κ2) is 10.6. The van der Waals surface area contributed by atoms with E-state index < -0.39 is 5.91 Å². The number of benzene rings is 3. The molecule has 0 aliphatic carbocycles. The van der Waals surface area contributed by atoms with Crippen molar-refractivity contribution >= 4 is 46.6 Å². The average molecular weight is 456 g/mol. The van der Waals surface area contributed by atoms with Gasteiger partial charge in [-0.25, -0.2) is 0 Å². The van der Waals surface area contributed by atoms with Crippen molar-refractivity contribution in [3.63, 3.8) is 0 Å². The highest BCUT2D eigenvalue weighted by atomic mass is 35.5. The van der Waals surface area contributed by atoms with E-state index in [1.165, 1.54) is 18.2 Å². The monoisotopic (exact) mass is 455 g/mol. The summed E-state index contributed by atoms with van der Waals surface area (Å²) >= 11 is 11.8. The molecule has 0 radical (unpaired) electrons. The molecule has 0 bridgehead atoms. The number of carbonyl (C=O) groups is 3. The van der Waals surface area contributed by atoms with E-state index >= 15 is 0 Å². The summed E-state index contributed by atoms with van der Waals surface area (Å²) in [7, 11) is 0. The van der Waals surface area contributed by atoms with Crippen molar-refractivity contribution in [3.05, 3.63) is 99.5 Å². The van der Waals surface area contributed by atoms with Crippen molar-refractivity contribution in [1.29, 1.82) is 0 Å². The van der Waals surface area contributed by atoms with Crippen molar-refractivity contribution in [2.24, 2.45) is 0 Å². The molecule has 0 saturated heterocycles. The van der Waals surface area contributed by atoms with Gasteiger partial charge in [-0.05, 0) is 48.0 Å². The number of hydrogen-bond acceptors (Lipinski definition) is 3. The molecule has 0 aliphatic heterocycles. The molecule has 0 aromatic heterocycles. The first kappa shape index (κ1) is 22.3. The first-order valence-corrected chi connectivity index (χ1v) is 10.1. The standard InChI is InChI=1S/C23H19Cl2N3O3/c24-18-10-17(11-19(25)12-18)23(31)28-20-8-6-16(7-9-20)22(30)27-14-21(29)26-13-15-4-2-1-3-5-15/h1-12H,13-14H2,(H,26,29)(H,27,30)(H,28,31). The molecule has 6 nitrogen and oxygen atoms in total. The second-order valence-electron chi connectivity index (χ2n) is 6.63. The minimum Gasteiger partial charge on any atom is -0.350 e. The van der Waals surface area contributed by atoms with E-state index in [4.69, 9.17) is 23.2 Å². The van der Waals surface area contributed by atoms with Crippen molar-refractivity contribution < 1.29 is 14.4 Å². The molecule has 0 fully saturated rings. The molecular weight excluding hydrogens is 437 g/mol. The van der Waals surface area contributed by atoms with E-state index in [0.29, 0.717) is 33.4 Å². The van der Waals surface area contributed by atoms with Crippen LogP contribution in [0.15, 0.2) is 72.8 Å². The maximum absolute atomic E-state index is 12.3. The number of hydrogen-bond donors (Lipinski definition) is 3. The van der Waals surface area contributed by atoms with Crippen molar-refractivity contribution in [3.8, 4) is 0 Å². The lowest BCUT2D eigenvalue weighted by Gasteiger charge is -2.09. The van der Waals surface area contributed by atoms with Crippen molar-refractivity contribution in [2.75, 3.05) is 11.9 Å². The van der Waals surface area contributed by atoms with Gasteiger partial charge >= 0.3 is 0 Å². The number of rotatable bonds is 7. The van der Waals surface area contributed by atoms with Gasteiger partial charge in [0.05, 0.1) is 6.54 Å². The molecule has 0 aliphatic rings. The zero-order valence-electron chi connectivity index (χ0n) is 16.3. The third-order valence-corrected chi connectivity index (χ3v) is 4.71. The van der Waals surface area contributed by atoms with Gasteiger partial charge in [0.15, 0.2) is 0 Å². The lowest BCUT2D eigenvalue weighted by molar-refractivity contribution is -0.120. The second-order valence-corrected chi connectivity index (χ2v) is 7.51. The molecule has 0 spiro atoms. The summed E-state index contributed by atoms with van der Waals surface area (Å²) in [4.78, 5) is 36.5. The quantitative estimate of drug-likeness (QED) is 0.496. The minimum absolute atomic E-state index is 0.139. The van der Waals surface area contributed by atoms with Crippen LogP contribution in [-0.4, -0.2) is 24.3 Å². The van der Waals surface area contributed by atoms with Crippen LogP contribution in [0.3, 0.4) is 0 Å². The van der Waals surface area contributed by atoms with Gasteiger partial charge in [-0.15, -0.1) is 0 Å². The van der Waals surface area contributed by atoms with Crippen LogP contribution in [-0.2, 0) is 11.3 Å². The number of halogens is 2. The van der Waals surface area contributed by atoms with Gasteiger partial charge in [-0.1, -0.05) is 53.5 Å². The smallest absolute Gasteiger partial charge is 0.255 e. The maximum Gasteiger partial charge on any atom is 0.255 e. The zero-order chi connectivity index (χ0) is 22.2. The van der Waals surface area contributed by atoms with E-state index in [0.717, 1.165) is 5.56 Å². The first-order chi connectivity index (χ1) is 14.9. The number of amides is 3. The Morgan fingerprint density at radius 2 is 1.35 bits per heavy atom. The van der Waals surface area contributed by atoms with Crippen LogP contribution in [0, 0.1) is 0 Å². The SMILES string of the molecule is O=C(CNC(=O)c1ccc(NC(=O)c2cc(Cl)cc(Cl)c2)cc1)NCc1ccccc1. The number of anilines is 1. The summed E-state index contributed by atoms with van der Waals surface area (Å²) in [5.74, 6) is -1.06. The fraction of sp³-hybridized carbons (Fsp3) is 0.0870. The molecule has 0 saturated carbocycles. The number of nitrogens with one attached hydrogen (secondary N) is 3. The molecule has 3 rings (SSSR count). The topological polar surface area (TPSA) is 87.3 Å². The first-order valence-electron chi connectivity index (χ1n) is 9.37. The Labute approximate surface area is 189 Å². The summed E-state index contributed by atoms with van der Waals surface area (Å²) in [6.45, 7) is 0.251. The molecule has 0 unspecified atom stereocenters. The van der Waals surface area contributed by atoms with Crippen LogP contribution in [0.5, 0.6) is 0 Å². The van der Waals surface area contributed by atoms with Gasteiger partial charge in [0.2, 0.25) is 5.91 Å². The summed E-state index contributed by atoms with van der Waals surface area (Å²) in [5.41, 5.74) is 2.15. The predicted octanol–water partition coefficient (Wildman–Crippen LogP) is 4.29. The zero-order valence-corrected chi connectivity index (χ0v) is 17.8. The Kier molecular flexibility index (Phi) is 7.65. The fourth-order valence-electron chi connectivity index (χ4n) is 2.71. The third kappa shape index (κ3) is 6.84. The van der Waals surface area contributed by atoms with Gasteiger partial charge in [0.1, 0.15) is 0 Å². The molecule has 3 aromatic carbocycles. The summed E-state index contributed by atoms with van der Waals surface area (Å²) in [6, 6.07) is 20.3. The molecule has 0 atom stereocenters. The molecule has 3 amide bonds. The third-order valence-electron chi connectivity index (χ3n) is 4.27. The molecular formula is C23H19Cl2N3O3. The molecule has 31 heavy (non-hydrogen) atoms. The predicted molar refractivity (Wildman–Crippen MR) is 121 cm³/mol. The van der Waals surface area contributed by atoms with Crippen LogP contribution >= 0.6 is 23.2 Å². The summed E-state index contributed by atoms with van der Waals surface area (Å²) < 4.78 is 0. The van der Waals surface area contributed by atoms with Gasteiger partial charge in [-0.3, -0.25) is 14.4 Å². The van der Waals surface area contributed by atoms with E-state index in [2.05, 4.69) is 16.0 Å². The van der Waals surface area contributed by atoms with Gasteiger partial charge in [0, 0.05) is 33.4 Å². The molecule has 158 valence electrons. The highest BCUT2D eigenvalue weighted by Crippen LogP contribution is 2.20. The van der Waals surface area contributed by atoms with Gasteiger partial charge in [0.25, 0.3) is 11.8 Å². The average Bonchev–Trinajstić information content (AvgIpc) is 2.76. The van der Waals surface area contributed by atoms with E-state index in [1.54, 1.807) is 24.3 Å². The number of carbonyl (C=O) groups excluding carboxylic acids is 3. The molecule has 3 N–H and O–H groups in total. The van der Waals surface area contributed by atoms with Crippen molar-refractivity contribution in [2.45, 2.75) is 6.54 Å². The fourth-order valence-corrected chi connectivity index (χ4v) is 3.24. The van der Waals surface area contributed by atoms with E-state index in [1.807, 2.05) is 30.3 Å². The van der Waals surface area contributed by atoms with Crippen molar-refractivity contribution in [1.82, 2.24) is 10.6 Å². The van der Waals surface area contributed by atoms with E-state index in [-0.39, 0.29) is 18.4 Å². The Morgan fingerprint density at radius 1 is 0.710 bits per heavy atom. The molecule has 8 heteroatoms. The van der Waals surface area contributed by atoms with Crippen LogP contribution < -0.4 is 16.0 Å². The largest absolute Gasteiger partial charge is 0.350 e. The van der Waals surface area contributed by atoms with Gasteiger partial charge < -0.3 is 16.0 Å². The normalized spacial score (nSPS) is 10.3. The Hall–Kier alpha value is -3.35. The van der Waals surface area contributed by atoms with Gasteiger partial charge in [-0.2, -0.15) is 0 Å². The minimum atomic E-state index is -0.394. The van der Waals surface area contributed by atoms with Crippen LogP contribution in [0.25, 0.3) is 0 Å². The lowest BCUT2D eigenvalue weighted by atomic mass is 10.1. The molecule has 0 heterocycles.